The maximum Gasteiger partial charge on any atom is 0.303 e. The second kappa shape index (κ2) is 4.07. The van der Waals surface area contributed by atoms with Crippen molar-refractivity contribution in [2.45, 2.75) is 26.2 Å². The maximum absolute atomic E-state index is 10.4. The fraction of sp³-hybridized carbons (Fsp3) is 0.556. The molecule has 0 aliphatic rings. The molecule has 0 saturated heterocycles. The van der Waals surface area contributed by atoms with Crippen LogP contribution < -0.4 is 0 Å². The van der Waals surface area contributed by atoms with Crippen LogP contribution in [0.4, 0.5) is 0 Å². The lowest BCUT2D eigenvalue weighted by Gasteiger charge is -2.00. The highest BCUT2D eigenvalue weighted by molar-refractivity contribution is 5.67. The van der Waals surface area contributed by atoms with E-state index in [0.717, 1.165) is 17.7 Å². The van der Waals surface area contributed by atoms with Gasteiger partial charge in [0.05, 0.1) is 6.20 Å². The van der Waals surface area contributed by atoms with Crippen LogP contribution in [-0.4, -0.2) is 20.9 Å². The maximum atomic E-state index is 10.4. The Morgan fingerprint density at radius 1 is 1.69 bits per heavy atom. The van der Waals surface area contributed by atoms with E-state index in [-0.39, 0.29) is 6.42 Å². The van der Waals surface area contributed by atoms with E-state index in [1.54, 1.807) is 10.9 Å². The van der Waals surface area contributed by atoms with E-state index in [9.17, 15) is 4.79 Å². The molecule has 0 aliphatic heterocycles. The summed E-state index contributed by atoms with van der Waals surface area (Å²) in [6.45, 7) is 2.04. The van der Waals surface area contributed by atoms with E-state index >= 15 is 0 Å². The van der Waals surface area contributed by atoms with E-state index in [4.69, 9.17) is 5.11 Å². The summed E-state index contributed by atoms with van der Waals surface area (Å²) in [4.78, 5) is 10.4. The molecule has 13 heavy (non-hydrogen) atoms. The van der Waals surface area contributed by atoms with Gasteiger partial charge in [-0.25, -0.2) is 0 Å². The zero-order valence-corrected chi connectivity index (χ0v) is 7.95. The fourth-order valence-electron chi connectivity index (χ4n) is 1.41. The van der Waals surface area contributed by atoms with Crippen LogP contribution >= 0.6 is 0 Å². The van der Waals surface area contributed by atoms with Gasteiger partial charge in [-0.3, -0.25) is 9.48 Å². The number of aryl methyl sites for hydroxylation is 2. The lowest BCUT2D eigenvalue weighted by atomic mass is 10.1. The molecular weight excluding hydrogens is 168 g/mol. The minimum absolute atomic E-state index is 0.179. The first-order chi connectivity index (χ1) is 6.15. The number of rotatable bonds is 4. The molecule has 1 aromatic heterocycles. The lowest BCUT2D eigenvalue weighted by Crippen LogP contribution is -2.01. The SMILES string of the molecule is CCc1c(CCC(=O)O)cnn1C. The number of hydrogen-bond acceptors (Lipinski definition) is 2. The molecule has 0 radical (unpaired) electrons. The van der Waals surface area contributed by atoms with Gasteiger partial charge in [0, 0.05) is 19.2 Å². The minimum Gasteiger partial charge on any atom is -0.481 e. The van der Waals surface area contributed by atoms with E-state index < -0.39 is 5.97 Å². The molecule has 0 amide bonds. The third-order valence-electron chi connectivity index (χ3n) is 2.09. The molecule has 1 rings (SSSR count). The summed E-state index contributed by atoms with van der Waals surface area (Å²) < 4.78 is 1.80. The third kappa shape index (κ3) is 2.31. The topological polar surface area (TPSA) is 55.1 Å². The first-order valence-electron chi connectivity index (χ1n) is 4.36. The number of nitrogens with zero attached hydrogens (tertiary/aromatic N) is 2. The van der Waals surface area contributed by atoms with Crippen molar-refractivity contribution in [3.63, 3.8) is 0 Å². The Hall–Kier alpha value is -1.32. The zero-order valence-electron chi connectivity index (χ0n) is 7.95. The highest BCUT2D eigenvalue weighted by atomic mass is 16.4. The average molecular weight is 182 g/mol. The third-order valence-corrected chi connectivity index (χ3v) is 2.09. The Kier molecular flexibility index (Phi) is 3.06. The summed E-state index contributed by atoms with van der Waals surface area (Å²) >= 11 is 0. The summed E-state index contributed by atoms with van der Waals surface area (Å²) in [5.41, 5.74) is 2.17. The van der Waals surface area contributed by atoms with E-state index in [1.165, 1.54) is 0 Å². The van der Waals surface area contributed by atoms with Gasteiger partial charge in [-0.1, -0.05) is 6.92 Å². The molecule has 0 atom stereocenters. The highest BCUT2D eigenvalue weighted by Gasteiger charge is 2.07. The molecule has 0 bridgehead atoms. The molecule has 0 spiro atoms. The van der Waals surface area contributed by atoms with Gasteiger partial charge in [-0.15, -0.1) is 0 Å². The van der Waals surface area contributed by atoms with Crippen molar-refractivity contribution in [3.8, 4) is 0 Å². The van der Waals surface area contributed by atoms with Gasteiger partial charge in [0.15, 0.2) is 0 Å². The number of aliphatic carboxylic acids is 1. The summed E-state index contributed by atoms with van der Waals surface area (Å²) in [6, 6.07) is 0. The Morgan fingerprint density at radius 2 is 2.38 bits per heavy atom. The quantitative estimate of drug-likeness (QED) is 0.755. The minimum atomic E-state index is -0.758. The normalized spacial score (nSPS) is 10.3. The lowest BCUT2D eigenvalue weighted by molar-refractivity contribution is -0.136. The van der Waals surface area contributed by atoms with E-state index in [1.807, 2.05) is 14.0 Å². The van der Waals surface area contributed by atoms with Crippen molar-refractivity contribution in [1.29, 1.82) is 0 Å². The molecule has 0 aliphatic carbocycles. The van der Waals surface area contributed by atoms with Crippen LogP contribution in [0.2, 0.25) is 0 Å². The van der Waals surface area contributed by atoms with Gasteiger partial charge in [-0.05, 0) is 18.4 Å². The Labute approximate surface area is 77.2 Å². The molecule has 4 heteroatoms. The summed E-state index contributed by atoms with van der Waals surface area (Å²) in [7, 11) is 1.88. The standard InChI is InChI=1S/C9H14N2O2/c1-3-8-7(4-5-9(12)13)6-10-11(8)2/h6H,3-5H2,1-2H3,(H,12,13). The number of carboxylic acids is 1. The van der Waals surface area contributed by atoms with E-state index in [0.29, 0.717) is 6.42 Å². The van der Waals surface area contributed by atoms with Gasteiger partial charge in [0.1, 0.15) is 0 Å². The number of carboxylic acid groups (broad SMARTS) is 1. The van der Waals surface area contributed by atoms with Crippen molar-refractivity contribution in [2.75, 3.05) is 0 Å². The van der Waals surface area contributed by atoms with Crippen LogP contribution in [-0.2, 0) is 24.7 Å². The van der Waals surface area contributed by atoms with Crippen molar-refractivity contribution < 1.29 is 9.90 Å². The largest absolute Gasteiger partial charge is 0.481 e. The molecule has 72 valence electrons. The Bertz CT molecular complexity index is 305. The predicted octanol–water partition coefficient (Wildman–Crippen LogP) is 1.000. The summed E-state index contributed by atoms with van der Waals surface area (Å²) in [6.07, 6.45) is 3.40. The predicted molar refractivity (Wildman–Crippen MR) is 48.5 cm³/mol. The van der Waals surface area contributed by atoms with Crippen LogP contribution in [0, 0.1) is 0 Å². The van der Waals surface area contributed by atoms with Crippen molar-refractivity contribution >= 4 is 5.97 Å². The molecule has 4 nitrogen and oxygen atoms in total. The molecular formula is C9H14N2O2. The zero-order chi connectivity index (χ0) is 9.84. The fourth-order valence-corrected chi connectivity index (χ4v) is 1.41. The summed E-state index contributed by atoms with van der Waals surface area (Å²) in [5, 5.41) is 12.6. The van der Waals surface area contributed by atoms with Crippen LogP contribution in [0.5, 0.6) is 0 Å². The van der Waals surface area contributed by atoms with Gasteiger partial charge in [0.2, 0.25) is 0 Å². The van der Waals surface area contributed by atoms with Gasteiger partial charge >= 0.3 is 5.97 Å². The Balaban J connectivity index is 2.70. The number of hydrogen-bond donors (Lipinski definition) is 1. The number of aromatic nitrogens is 2. The van der Waals surface area contributed by atoms with Crippen molar-refractivity contribution in [1.82, 2.24) is 9.78 Å². The van der Waals surface area contributed by atoms with Gasteiger partial charge in [0.25, 0.3) is 0 Å². The van der Waals surface area contributed by atoms with Crippen molar-refractivity contribution in [3.05, 3.63) is 17.5 Å². The van der Waals surface area contributed by atoms with Crippen molar-refractivity contribution in [2.24, 2.45) is 7.05 Å². The van der Waals surface area contributed by atoms with Crippen LogP contribution in [0.1, 0.15) is 24.6 Å². The highest BCUT2D eigenvalue weighted by Crippen LogP contribution is 2.10. The number of carbonyl (C=O) groups is 1. The second-order valence-electron chi connectivity index (χ2n) is 2.99. The monoisotopic (exact) mass is 182 g/mol. The van der Waals surface area contributed by atoms with Crippen LogP contribution in [0.15, 0.2) is 6.20 Å². The first kappa shape index (κ1) is 9.77. The van der Waals surface area contributed by atoms with Gasteiger partial charge < -0.3 is 5.11 Å². The summed E-state index contributed by atoms with van der Waals surface area (Å²) in [5.74, 6) is -0.758. The van der Waals surface area contributed by atoms with Crippen LogP contribution in [0.25, 0.3) is 0 Å². The molecule has 1 N–H and O–H groups in total. The van der Waals surface area contributed by atoms with E-state index in [2.05, 4.69) is 5.10 Å². The molecule has 0 unspecified atom stereocenters. The van der Waals surface area contributed by atoms with Crippen LogP contribution in [0.3, 0.4) is 0 Å². The molecule has 0 fully saturated rings. The molecule has 1 heterocycles. The molecule has 1 aromatic rings. The molecule has 0 saturated carbocycles. The molecule has 0 aromatic carbocycles. The van der Waals surface area contributed by atoms with Gasteiger partial charge in [-0.2, -0.15) is 5.10 Å². The second-order valence-corrected chi connectivity index (χ2v) is 2.99. The first-order valence-corrected chi connectivity index (χ1v) is 4.36. The average Bonchev–Trinajstić information content (AvgIpc) is 2.42. The Morgan fingerprint density at radius 3 is 2.92 bits per heavy atom. The smallest absolute Gasteiger partial charge is 0.303 e.